The standard InChI is InChI=1S/C21H27NO3/c1-13-7-18(24)25-19-15(13)5-6-17(23)16(19)10-22-12-21(4)9-14(22)8-20(2,3)11-21/h5-7,14,23H,8-12H2,1-4H3/t14-,21-/m0/s1. The molecule has 4 nitrogen and oxygen atoms in total. The van der Waals surface area contributed by atoms with E-state index in [0.717, 1.165) is 23.1 Å². The first-order valence-corrected chi connectivity index (χ1v) is 9.15. The quantitative estimate of drug-likeness (QED) is 0.832. The maximum atomic E-state index is 11.9. The predicted octanol–water partition coefficient (Wildman–Crippen LogP) is 4.21. The number of fused-ring (bicyclic) bond motifs is 3. The molecule has 0 radical (unpaired) electrons. The Labute approximate surface area is 148 Å². The molecule has 2 atom stereocenters. The van der Waals surface area contributed by atoms with Gasteiger partial charge in [0.2, 0.25) is 0 Å². The van der Waals surface area contributed by atoms with Gasteiger partial charge in [-0.3, -0.25) is 4.90 Å². The van der Waals surface area contributed by atoms with E-state index in [1.807, 2.05) is 13.0 Å². The van der Waals surface area contributed by atoms with Crippen molar-refractivity contribution in [3.63, 3.8) is 0 Å². The van der Waals surface area contributed by atoms with Gasteiger partial charge in [-0.1, -0.05) is 20.8 Å². The van der Waals surface area contributed by atoms with Gasteiger partial charge in [-0.2, -0.15) is 0 Å². The average Bonchev–Trinajstić information content (AvgIpc) is 2.70. The molecule has 2 heterocycles. The van der Waals surface area contributed by atoms with Crippen LogP contribution in [-0.4, -0.2) is 22.6 Å². The van der Waals surface area contributed by atoms with Crippen LogP contribution >= 0.6 is 0 Å². The van der Waals surface area contributed by atoms with Gasteiger partial charge in [0.05, 0.1) is 5.56 Å². The van der Waals surface area contributed by atoms with Crippen molar-refractivity contribution in [1.29, 1.82) is 0 Å². The second-order valence-corrected chi connectivity index (χ2v) is 9.31. The highest BCUT2D eigenvalue weighted by Crippen LogP contribution is 2.53. The molecule has 1 aromatic carbocycles. The number of phenolic OH excluding ortho intramolecular Hbond substituents is 1. The summed E-state index contributed by atoms with van der Waals surface area (Å²) in [5.41, 5.74) is 2.51. The van der Waals surface area contributed by atoms with E-state index in [1.54, 1.807) is 6.07 Å². The third kappa shape index (κ3) is 2.86. The molecule has 2 aliphatic rings. The Kier molecular flexibility index (Phi) is 3.56. The van der Waals surface area contributed by atoms with E-state index >= 15 is 0 Å². The van der Waals surface area contributed by atoms with Gasteiger partial charge in [0.15, 0.2) is 0 Å². The molecule has 2 fully saturated rings. The zero-order valence-corrected chi connectivity index (χ0v) is 15.6. The maximum Gasteiger partial charge on any atom is 0.336 e. The van der Waals surface area contributed by atoms with Crippen molar-refractivity contribution in [1.82, 2.24) is 4.90 Å². The average molecular weight is 341 g/mol. The summed E-state index contributed by atoms with van der Waals surface area (Å²) in [7, 11) is 0. The van der Waals surface area contributed by atoms with E-state index in [2.05, 4.69) is 25.7 Å². The molecule has 2 aromatic rings. The molecule has 0 amide bonds. The number of benzene rings is 1. The summed E-state index contributed by atoms with van der Waals surface area (Å²) >= 11 is 0. The minimum absolute atomic E-state index is 0.215. The van der Waals surface area contributed by atoms with Crippen LogP contribution in [0.3, 0.4) is 0 Å². The van der Waals surface area contributed by atoms with Gasteiger partial charge in [-0.05, 0) is 54.7 Å². The van der Waals surface area contributed by atoms with E-state index in [9.17, 15) is 9.90 Å². The third-order valence-corrected chi connectivity index (χ3v) is 6.08. The van der Waals surface area contributed by atoms with Crippen LogP contribution in [0.5, 0.6) is 5.75 Å². The summed E-state index contributed by atoms with van der Waals surface area (Å²) in [6.45, 7) is 10.7. The van der Waals surface area contributed by atoms with Crippen molar-refractivity contribution in [2.45, 2.75) is 59.5 Å². The van der Waals surface area contributed by atoms with Gasteiger partial charge in [-0.15, -0.1) is 0 Å². The molecule has 1 N–H and O–H groups in total. The first-order valence-electron chi connectivity index (χ1n) is 9.15. The van der Waals surface area contributed by atoms with E-state index in [1.165, 1.54) is 25.3 Å². The molecular weight excluding hydrogens is 314 g/mol. The summed E-state index contributed by atoms with van der Waals surface area (Å²) in [6.07, 6.45) is 3.63. The number of hydrogen-bond donors (Lipinski definition) is 1. The smallest absolute Gasteiger partial charge is 0.336 e. The highest BCUT2D eigenvalue weighted by molar-refractivity contribution is 5.84. The molecule has 1 aromatic heterocycles. The summed E-state index contributed by atoms with van der Waals surface area (Å²) in [5.74, 6) is 0.215. The topological polar surface area (TPSA) is 53.7 Å². The second kappa shape index (κ2) is 5.34. The number of rotatable bonds is 2. The molecule has 1 saturated carbocycles. The molecule has 4 heteroatoms. The van der Waals surface area contributed by atoms with Crippen LogP contribution in [0.25, 0.3) is 11.0 Å². The van der Waals surface area contributed by atoms with Crippen LogP contribution in [0.1, 0.15) is 51.2 Å². The van der Waals surface area contributed by atoms with Crippen LogP contribution in [-0.2, 0) is 6.54 Å². The Morgan fingerprint density at radius 3 is 2.80 bits per heavy atom. The minimum Gasteiger partial charge on any atom is -0.507 e. The molecule has 1 saturated heterocycles. The molecule has 134 valence electrons. The SMILES string of the molecule is Cc1cc(=O)oc2c(CN3C[C@@]4(C)C[C@@H]3CC(C)(C)C4)c(O)ccc12. The molecule has 1 aliphatic carbocycles. The van der Waals surface area contributed by atoms with Crippen LogP contribution < -0.4 is 5.63 Å². The first kappa shape index (κ1) is 16.6. The zero-order valence-electron chi connectivity index (χ0n) is 15.6. The van der Waals surface area contributed by atoms with Gasteiger partial charge in [-0.25, -0.2) is 4.79 Å². The predicted molar refractivity (Wildman–Crippen MR) is 98.8 cm³/mol. The van der Waals surface area contributed by atoms with E-state index < -0.39 is 0 Å². The van der Waals surface area contributed by atoms with Crippen molar-refractivity contribution in [2.75, 3.05) is 6.54 Å². The Hall–Kier alpha value is -1.81. The number of likely N-dealkylation sites (tertiary alicyclic amines) is 1. The van der Waals surface area contributed by atoms with Crippen LogP contribution in [0, 0.1) is 17.8 Å². The number of phenols is 1. The molecule has 25 heavy (non-hydrogen) atoms. The van der Waals surface area contributed by atoms with E-state index in [-0.39, 0.29) is 11.4 Å². The molecule has 0 spiro atoms. The van der Waals surface area contributed by atoms with Crippen molar-refractivity contribution >= 4 is 11.0 Å². The number of nitrogens with zero attached hydrogens (tertiary/aromatic N) is 1. The lowest BCUT2D eigenvalue weighted by Gasteiger charge is -2.40. The molecule has 1 aliphatic heterocycles. The Morgan fingerprint density at radius 2 is 2.04 bits per heavy atom. The molecule has 2 bridgehead atoms. The van der Waals surface area contributed by atoms with Gasteiger partial charge < -0.3 is 9.52 Å². The lowest BCUT2D eigenvalue weighted by molar-refractivity contribution is 0.126. The number of hydrogen-bond acceptors (Lipinski definition) is 4. The minimum atomic E-state index is -0.356. The van der Waals surface area contributed by atoms with Crippen molar-refractivity contribution in [2.24, 2.45) is 10.8 Å². The monoisotopic (exact) mass is 341 g/mol. The highest BCUT2D eigenvalue weighted by atomic mass is 16.4. The van der Waals surface area contributed by atoms with Crippen molar-refractivity contribution < 1.29 is 9.52 Å². The lowest BCUT2D eigenvalue weighted by Crippen LogP contribution is -2.34. The van der Waals surface area contributed by atoms with E-state index in [4.69, 9.17) is 4.42 Å². The fourth-order valence-corrected chi connectivity index (χ4v) is 5.55. The van der Waals surface area contributed by atoms with Crippen molar-refractivity contribution in [3.8, 4) is 5.75 Å². The van der Waals surface area contributed by atoms with E-state index in [0.29, 0.717) is 29.0 Å². The van der Waals surface area contributed by atoms with Crippen LogP contribution in [0.15, 0.2) is 27.4 Å². The normalized spacial score (nSPS) is 28.6. The number of aryl methyl sites for hydroxylation is 1. The van der Waals surface area contributed by atoms with Gasteiger partial charge in [0, 0.05) is 30.6 Å². The Morgan fingerprint density at radius 1 is 1.28 bits per heavy atom. The van der Waals surface area contributed by atoms with Gasteiger partial charge in [0.1, 0.15) is 11.3 Å². The van der Waals surface area contributed by atoms with Crippen LogP contribution in [0.2, 0.25) is 0 Å². The fraction of sp³-hybridized carbons (Fsp3) is 0.571. The molecular formula is C21H27NO3. The fourth-order valence-electron chi connectivity index (χ4n) is 5.55. The summed E-state index contributed by atoms with van der Waals surface area (Å²) in [6, 6.07) is 5.59. The third-order valence-electron chi connectivity index (χ3n) is 6.08. The Bertz CT molecular complexity index is 898. The van der Waals surface area contributed by atoms with Gasteiger partial charge in [0.25, 0.3) is 0 Å². The van der Waals surface area contributed by atoms with Crippen LogP contribution in [0.4, 0.5) is 0 Å². The van der Waals surface area contributed by atoms with Crippen molar-refractivity contribution in [3.05, 3.63) is 39.7 Å². The second-order valence-electron chi connectivity index (χ2n) is 9.31. The first-order chi connectivity index (χ1) is 11.7. The molecule has 0 unspecified atom stereocenters. The maximum absolute atomic E-state index is 11.9. The summed E-state index contributed by atoms with van der Waals surface area (Å²) in [5, 5.41) is 11.4. The largest absolute Gasteiger partial charge is 0.507 e. The summed E-state index contributed by atoms with van der Waals surface area (Å²) < 4.78 is 5.50. The number of aromatic hydroxyl groups is 1. The summed E-state index contributed by atoms with van der Waals surface area (Å²) in [4.78, 5) is 14.3. The Balaban J connectivity index is 1.75. The zero-order chi connectivity index (χ0) is 18.0. The highest BCUT2D eigenvalue weighted by Gasteiger charge is 2.49. The molecule has 4 rings (SSSR count). The lowest BCUT2D eigenvalue weighted by atomic mass is 9.65. The van der Waals surface area contributed by atoms with Gasteiger partial charge >= 0.3 is 5.63 Å².